The zero-order valence-electron chi connectivity index (χ0n) is 19.1. The molecule has 3 aromatic carbocycles. The van der Waals surface area contributed by atoms with Crippen molar-refractivity contribution < 1.29 is 14.4 Å². The maximum Gasteiger partial charge on any atom is 0.266 e. The molecule has 3 amide bonds. The van der Waals surface area contributed by atoms with Crippen LogP contribution in [-0.4, -0.2) is 53.5 Å². The van der Waals surface area contributed by atoms with Gasteiger partial charge in [-0.15, -0.1) is 0 Å². The van der Waals surface area contributed by atoms with Crippen LogP contribution < -0.4 is 19.6 Å². The monoisotopic (exact) mass is 430 g/mol. The highest BCUT2D eigenvalue weighted by Gasteiger charge is 2.36. The van der Waals surface area contributed by atoms with Gasteiger partial charge >= 0.3 is 0 Å². The van der Waals surface area contributed by atoms with Gasteiger partial charge in [0.2, 0.25) is 6.41 Å². The van der Waals surface area contributed by atoms with Crippen molar-refractivity contribution in [2.24, 2.45) is 0 Å². The van der Waals surface area contributed by atoms with Crippen LogP contribution >= 0.6 is 0 Å². The van der Waals surface area contributed by atoms with Crippen molar-refractivity contribution in [3.05, 3.63) is 59.2 Å². The number of anilines is 4. The molecule has 32 heavy (non-hydrogen) atoms. The van der Waals surface area contributed by atoms with Crippen LogP contribution in [0.1, 0.15) is 26.3 Å². The number of nitrogens with zero attached hydrogens (tertiary/aromatic N) is 4. The molecule has 0 aromatic heterocycles. The molecule has 7 heteroatoms. The molecule has 0 N–H and O–H groups in total. The summed E-state index contributed by atoms with van der Waals surface area (Å²) in [5, 5.41) is 1.57. The summed E-state index contributed by atoms with van der Waals surface area (Å²) in [5.74, 6) is -0.715. The third-order valence-corrected chi connectivity index (χ3v) is 5.80. The summed E-state index contributed by atoms with van der Waals surface area (Å²) in [7, 11) is 9.07. The smallest absolute Gasteiger partial charge is 0.266 e. The zero-order chi connectivity index (χ0) is 23.3. The number of carbonyl (C=O) groups excluding carboxylic acids is 3. The first kappa shape index (κ1) is 21.4. The summed E-state index contributed by atoms with van der Waals surface area (Å²) in [6.45, 7) is 1.94. The molecule has 4 rings (SSSR count). The Bertz CT molecular complexity index is 1280. The molecule has 0 saturated heterocycles. The molecular formula is C25H26N4O3. The van der Waals surface area contributed by atoms with Crippen LogP contribution in [0, 0.1) is 6.92 Å². The second kappa shape index (κ2) is 7.67. The molecule has 0 saturated carbocycles. The topological polar surface area (TPSA) is 64.2 Å². The van der Waals surface area contributed by atoms with Crippen molar-refractivity contribution in [2.75, 3.05) is 54.8 Å². The van der Waals surface area contributed by atoms with Gasteiger partial charge in [0, 0.05) is 51.8 Å². The molecular weight excluding hydrogens is 404 g/mol. The molecule has 0 fully saturated rings. The molecule has 0 aliphatic carbocycles. The van der Waals surface area contributed by atoms with Gasteiger partial charge in [-0.05, 0) is 42.1 Å². The summed E-state index contributed by atoms with van der Waals surface area (Å²) >= 11 is 0. The minimum atomic E-state index is -0.360. The van der Waals surface area contributed by atoms with Crippen LogP contribution in [0.4, 0.5) is 22.7 Å². The number of imide groups is 1. The summed E-state index contributed by atoms with van der Waals surface area (Å²) < 4.78 is 0. The van der Waals surface area contributed by atoms with E-state index in [1.165, 1.54) is 9.80 Å². The van der Waals surface area contributed by atoms with Gasteiger partial charge in [0.05, 0.1) is 22.7 Å². The number of carbonyl (C=O) groups is 3. The van der Waals surface area contributed by atoms with E-state index < -0.39 is 0 Å². The Kier molecular flexibility index (Phi) is 5.12. The number of benzene rings is 3. The first-order valence-corrected chi connectivity index (χ1v) is 10.3. The van der Waals surface area contributed by atoms with Gasteiger partial charge in [-0.25, -0.2) is 4.90 Å². The van der Waals surface area contributed by atoms with E-state index in [0.29, 0.717) is 39.3 Å². The molecule has 1 aliphatic rings. The van der Waals surface area contributed by atoms with Crippen LogP contribution in [-0.2, 0) is 4.79 Å². The second-order valence-electron chi connectivity index (χ2n) is 8.50. The SMILES string of the molecule is Cc1cc2c3c(cccc3c1)C(=O)N(c1cc(N(C)C)c(N(C)C=O)cc1N(C)C)C2=O. The maximum atomic E-state index is 13.7. The fourth-order valence-corrected chi connectivity index (χ4v) is 4.27. The van der Waals surface area contributed by atoms with Gasteiger partial charge in [-0.3, -0.25) is 14.4 Å². The van der Waals surface area contributed by atoms with Gasteiger partial charge in [-0.2, -0.15) is 0 Å². The highest BCUT2D eigenvalue weighted by Crippen LogP contribution is 2.42. The fraction of sp³-hybridized carbons (Fsp3) is 0.240. The van der Waals surface area contributed by atoms with Crippen molar-refractivity contribution in [2.45, 2.75) is 6.92 Å². The molecule has 3 aromatic rings. The molecule has 0 spiro atoms. The summed E-state index contributed by atoms with van der Waals surface area (Å²) in [6.07, 6.45) is 0.734. The first-order chi connectivity index (χ1) is 15.1. The van der Waals surface area contributed by atoms with Gasteiger partial charge in [0.15, 0.2) is 0 Å². The molecule has 0 radical (unpaired) electrons. The second-order valence-corrected chi connectivity index (χ2v) is 8.50. The van der Waals surface area contributed by atoms with Crippen molar-refractivity contribution in [3.63, 3.8) is 0 Å². The average Bonchev–Trinajstić information content (AvgIpc) is 2.75. The van der Waals surface area contributed by atoms with Crippen LogP contribution in [0.25, 0.3) is 10.8 Å². The minimum Gasteiger partial charge on any atom is -0.376 e. The van der Waals surface area contributed by atoms with Crippen molar-refractivity contribution in [1.29, 1.82) is 0 Å². The van der Waals surface area contributed by atoms with E-state index in [9.17, 15) is 14.4 Å². The number of amides is 3. The van der Waals surface area contributed by atoms with Crippen LogP contribution in [0.5, 0.6) is 0 Å². The largest absolute Gasteiger partial charge is 0.376 e. The van der Waals surface area contributed by atoms with Crippen LogP contribution in [0.15, 0.2) is 42.5 Å². The van der Waals surface area contributed by atoms with E-state index in [-0.39, 0.29) is 11.8 Å². The highest BCUT2D eigenvalue weighted by atomic mass is 16.2. The first-order valence-electron chi connectivity index (χ1n) is 10.3. The maximum absolute atomic E-state index is 13.7. The van der Waals surface area contributed by atoms with Gasteiger partial charge in [0.25, 0.3) is 11.8 Å². The Morgan fingerprint density at radius 3 is 2.06 bits per heavy atom. The lowest BCUT2D eigenvalue weighted by Crippen LogP contribution is -2.41. The Morgan fingerprint density at radius 1 is 0.781 bits per heavy atom. The predicted molar refractivity (Wildman–Crippen MR) is 129 cm³/mol. The normalized spacial score (nSPS) is 12.9. The molecule has 0 bridgehead atoms. The lowest BCUT2D eigenvalue weighted by molar-refractivity contribution is -0.107. The Balaban J connectivity index is 2.01. The van der Waals surface area contributed by atoms with Crippen molar-refractivity contribution in [3.8, 4) is 0 Å². The Morgan fingerprint density at radius 2 is 1.44 bits per heavy atom. The summed E-state index contributed by atoms with van der Waals surface area (Å²) in [4.78, 5) is 45.3. The van der Waals surface area contributed by atoms with E-state index in [1.807, 2.05) is 75.2 Å². The Hall–Kier alpha value is -3.87. The fourth-order valence-electron chi connectivity index (χ4n) is 4.27. The van der Waals surface area contributed by atoms with Gasteiger partial charge in [0.1, 0.15) is 0 Å². The van der Waals surface area contributed by atoms with Crippen LogP contribution in [0.3, 0.4) is 0 Å². The van der Waals surface area contributed by atoms with Gasteiger partial charge in [-0.1, -0.05) is 18.2 Å². The van der Waals surface area contributed by atoms with E-state index in [2.05, 4.69) is 0 Å². The number of hydrogen-bond donors (Lipinski definition) is 0. The molecule has 7 nitrogen and oxygen atoms in total. The molecule has 164 valence electrons. The number of aryl methyl sites for hydroxylation is 1. The number of rotatable bonds is 5. The Labute approximate surface area is 187 Å². The standard InChI is InChI=1S/C25H26N4O3/c1-15-10-16-8-7-9-17-23(16)18(11-15)25(32)29(24(17)31)22-13-19(26(2)3)21(28(6)14-30)12-20(22)27(4)5/h7-14H,1-6H3. The van der Waals surface area contributed by atoms with E-state index in [4.69, 9.17) is 0 Å². The van der Waals surface area contributed by atoms with E-state index in [1.54, 1.807) is 19.2 Å². The predicted octanol–water partition coefficient (Wildman–Crippen LogP) is 3.67. The molecule has 0 unspecified atom stereocenters. The average molecular weight is 431 g/mol. The minimum absolute atomic E-state index is 0.355. The lowest BCUT2D eigenvalue weighted by Gasteiger charge is -2.33. The summed E-state index contributed by atoms with van der Waals surface area (Å²) in [6, 6.07) is 13.0. The molecule has 0 atom stereocenters. The summed E-state index contributed by atoms with van der Waals surface area (Å²) in [5.41, 5.74) is 4.49. The molecule has 1 aliphatic heterocycles. The van der Waals surface area contributed by atoms with Crippen molar-refractivity contribution in [1.82, 2.24) is 0 Å². The molecule has 1 heterocycles. The third-order valence-electron chi connectivity index (χ3n) is 5.80. The van der Waals surface area contributed by atoms with Crippen LogP contribution in [0.2, 0.25) is 0 Å². The number of hydrogen-bond acceptors (Lipinski definition) is 5. The zero-order valence-corrected chi connectivity index (χ0v) is 19.1. The quantitative estimate of drug-likeness (QED) is 0.457. The van der Waals surface area contributed by atoms with Crippen molar-refractivity contribution >= 4 is 51.7 Å². The lowest BCUT2D eigenvalue weighted by atomic mass is 9.92. The third kappa shape index (κ3) is 3.17. The van der Waals surface area contributed by atoms with Gasteiger partial charge < -0.3 is 14.7 Å². The highest BCUT2D eigenvalue weighted by molar-refractivity contribution is 6.36. The van der Waals surface area contributed by atoms with E-state index in [0.717, 1.165) is 17.4 Å². The van der Waals surface area contributed by atoms with E-state index >= 15 is 0 Å².